The predicted molar refractivity (Wildman–Crippen MR) is 130 cm³/mol. The quantitative estimate of drug-likeness (QED) is 0.536. The Labute approximate surface area is 200 Å². The Morgan fingerprint density at radius 1 is 1.15 bits per heavy atom. The highest BCUT2D eigenvalue weighted by molar-refractivity contribution is 6.62. The molecule has 0 radical (unpaired) electrons. The number of hydrogen-bond acceptors (Lipinski definition) is 7. The third-order valence-corrected chi connectivity index (χ3v) is 6.68. The summed E-state index contributed by atoms with van der Waals surface area (Å²) in [6.07, 6.45) is 1.09. The zero-order valence-electron chi connectivity index (χ0n) is 21.1. The van der Waals surface area contributed by atoms with Gasteiger partial charge in [0.2, 0.25) is 11.9 Å². The summed E-state index contributed by atoms with van der Waals surface area (Å²) in [5.74, 6) is -0.360. The number of anilines is 1. The molecule has 2 aromatic rings. The van der Waals surface area contributed by atoms with E-state index in [0.717, 1.165) is 5.46 Å². The first-order valence-electron chi connectivity index (χ1n) is 11.8. The number of carbonyl (C=O) groups excluding carboxylic acids is 1. The number of benzene rings is 1. The minimum Gasteiger partial charge on any atom is -0.444 e. The summed E-state index contributed by atoms with van der Waals surface area (Å²) in [7, 11) is -0.582. The second-order valence-electron chi connectivity index (χ2n) is 11.1. The molecule has 2 saturated heterocycles. The summed E-state index contributed by atoms with van der Waals surface area (Å²) in [5, 5.41) is 3.54. The summed E-state index contributed by atoms with van der Waals surface area (Å²) in [4.78, 5) is 22.5. The van der Waals surface area contributed by atoms with Crippen molar-refractivity contribution in [2.45, 2.75) is 84.2 Å². The lowest BCUT2D eigenvalue weighted by atomic mass is 9.78. The van der Waals surface area contributed by atoms with Crippen molar-refractivity contribution in [1.82, 2.24) is 14.9 Å². The van der Waals surface area contributed by atoms with Crippen LogP contribution in [0.15, 0.2) is 18.2 Å². The number of amides is 1. The third-order valence-electron chi connectivity index (χ3n) is 6.68. The molecule has 184 valence electrons. The van der Waals surface area contributed by atoms with Gasteiger partial charge in [0.05, 0.1) is 22.1 Å². The number of nitrogens with zero attached hydrogens (tertiary/aromatic N) is 3. The van der Waals surface area contributed by atoms with Crippen LogP contribution in [-0.4, -0.2) is 64.0 Å². The van der Waals surface area contributed by atoms with Crippen LogP contribution in [-0.2, 0) is 14.0 Å². The van der Waals surface area contributed by atoms with E-state index in [1.54, 1.807) is 17.0 Å². The molecule has 1 N–H and O–H groups in total. The van der Waals surface area contributed by atoms with E-state index >= 15 is 0 Å². The average molecular weight is 472 g/mol. The molecule has 10 heteroatoms. The molecule has 2 aliphatic rings. The molecule has 0 unspecified atom stereocenters. The monoisotopic (exact) mass is 472 g/mol. The summed E-state index contributed by atoms with van der Waals surface area (Å²) < 4.78 is 32.6. The van der Waals surface area contributed by atoms with E-state index in [0.29, 0.717) is 36.8 Å². The summed E-state index contributed by atoms with van der Waals surface area (Å²) in [6.45, 7) is 14.6. The molecule has 2 fully saturated rings. The topological polar surface area (TPSA) is 85.8 Å². The number of fused-ring (bicyclic) bond motifs is 1. The molecule has 1 aromatic carbocycles. The highest BCUT2D eigenvalue weighted by atomic mass is 19.1. The van der Waals surface area contributed by atoms with Crippen LogP contribution in [0.3, 0.4) is 0 Å². The Balaban J connectivity index is 1.43. The van der Waals surface area contributed by atoms with E-state index in [1.807, 2.05) is 54.5 Å². The summed E-state index contributed by atoms with van der Waals surface area (Å²) >= 11 is 0. The molecular weight excluding hydrogens is 438 g/mol. The van der Waals surface area contributed by atoms with Gasteiger partial charge in [-0.3, -0.25) is 0 Å². The maximum atomic E-state index is 15.0. The molecule has 1 amide bonds. The van der Waals surface area contributed by atoms with Crippen molar-refractivity contribution in [2.75, 3.05) is 18.4 Å². The molecule has 0 saturated carbocycles. The highest BCUT2D eigenvalue weighted by Gasteiger charge is 2.51. The molecule has 0 aliphatic carbocycles. The Bertz CT molecular complexity index is 1060. The van der Waals surface area contributed by atoms with Crippen molar-refractivity contribution in [3.8, 4) is 0 Å². The number of ether oxygens (including phenoxy) is 1. The molecule has 1 aromatic heterocycles. The van der Waals surface area contributed by atoms with Crippen LogP contribution in [0.25, 0.3) is 10.9 Å². The number of halogens is 1. The Morgan fingerprint density at radius 2 is 1.76 bits per heavy atom. The minimum absolute atomic E-state index is 0.0413. The molecule has 8 nitrogen and oxygen atoms in total. The van der Waals surface area contributed by atoms with Crippen LogP contribution >= 0.6 is 0 Å². The van der Waals surface area contributed by atoms with Gasteiger partial charge in [-0.15, -0.1) is 0 Å². The molecule has 4 rings (SSSR count). The molecule has 0 bridgehead atoms. The fraction of sp³-hybridized carbons (Fsp3) is 0.625. The normalized spacial score (nSPS) is 20.6. The van der Waals surface area contributed by atoms with Gasteiger partial charge < -0.3 is 24.3 Å². The van der Waals surface area contributed by atoms with Gasteiger partial charge in [0, 0.05) is 19.1 Å². The first kappa shape index (κ1) is 24.7. The van der Waals surface area contributed by atoms with E-state index in [1.165, 1.54) is 0 Å². The van der Waals surface area contributed by atoms with Gasteiger partial charge >= 0.3 is 13.2 Å². The second kappa shape index (κ2) is 8.64. The Hall–Kier alpha value is -2.46. The minimum atomic E-state index is -0.600. The van der Waals surface area contributed by atoms with Crippen molar-refractivity contribution >= 4 is 35.5 Å². The van der Waals surface area contributed by atoms with Crippen LogP contribution in [0, 0.1) is 5.95 Å². The SMILES string of the molecule is CC(C)(C)OC(=O)N1CCC(Nc2nc(F)c3cc(B4OC(C)(C)C(C)(C)O4)ccc3n2)CC1. The maximum absolute atomic E-state index is 15.0. The lowest BCUT2D eigenvalue weighted by molar-refractivity contribution is 0.00578. The van der Waals surface area contributed by atoms with E-state index in [-0.39, 0.29) is 18.1 Å². The van der Waals surface area contributed by atoms with Gasteiger partial charge in [0.15, 0.2) is 0 Å². The van der Waals surface area contributed by atoms with Crippen molar-refractivity contribution in [2.24, 2.45) is 0 Å². The van der Waals surface area contributed by atoms with Crippen molar-refractivity contribution in [3.63, 3.8) is 0 Å². The molecule has 2 aliphatic heterocycles. The fourth-order valence-corrected chi connectivity index (χ4v) is 4.01. The largest absolute Gasteiger partial charge is 0.494 e. The summed E-state index contributed by atoms with van der Waals surface area (Å²) in [6, 6.07) is 5.34. The first-order chi connectivity index (χ1) is 15.7. The molecule has 3 heterocycles. The highest BCUT2D eigenvalue weighted by Crippen LogP contribution is 2.36. The number of carbonyl (C=O) groups is 1. The molecule has 0 atom stereocenters. The van der Waals surface area contributed by atoms with Gasteiger partial charge in [-0.2, -0.15) is 9.37 Å². The average Bonchev–Trinajstić information content (AvgIpc) is 2.94. The third kappa shape index (κ3) is 5.12. The van der Waals surface area contributed by atoms with Crippen molar-refractivity contribution < 1.29 is 23.2 Å². The maximum Gasteiger partial charge on any atom is 0.494 e. The predicted octanol–water partition coefficient (Wildman–Crippen LogP) is 3.88. The standard InChI is InChI=1S/C24H34BFN4O4/c1-22(2,3)32-21(31)30-12-10-16(11-13-30)27-20-28-18-9-8-15(14-17(18)19(26)29-20)25-33-23(4,5)24(6,7)34-25/h8-9,14,16H,10-13H2,1-7H3,(H,27,28,29). The number of likely N-dealkylation sites (tertiary alicyclic amines) is 1. The smallest absolute Gasteiger partial charge is 0.444 e. The summed E-state index contributed by atoms with van der Waals surface area (Å²) in [5.41, 5.74) is -0.251. The van der Waals surface area contributed by atoms with Crippen LogP contribution in [0.1, 0.15) is 61.3 Å². The van der Waals surface area contributed by atoms with Crippen molar-refractivity contribution in [1.29, 1.82) is 0 Å². The Morgan fingerprint density at radius 3 is 2.35 bits per heavy atom. The molecular formula is C24H34BFN4O4. The van der Waals surface area contributed by atoms with Gasteiger partial charge in [-0.25, -0.2) is 9.78 Å². The molecule has 0 spiro atoms. The fourth-order valence-electron chi connectivity index (χ4n) is 4.01. The second-order valence-corrected chi connectivity index (χ2v) is 11.1. The van der Waals surface area contributed by atoms with Gasteiger partial charge in [0.1, 0.15) is 5.60 Å². The van der Waals surface area contributed by atoms with Gasteiger partial charge in [-0.05, 0) is 78.9 Å². The number of nitrogens with one attached hydrogen (secondary N) is 1. The van der Waals surface area contributed by atoms with Crippen LogP contribution in [0.2, 0.25) is 0 Å². The van der Waals surface area contributed by atoms with E-state index in [2.05, 4.69) is 15.3 Å². The zero-order valence-corrected chi connectivity index (χ0v) is 21.1. The first-order valence-corrected chi connectivity index (χ1v) is 11.8. The van der Waals surface area contributed by atoms with Crippen LogP contribution in [0.4, 0.5) is 15.1 Å². The van der Waals surface area contributed by atoms with E-state index < -0.39 is 29.9 Å². The Kier molecular flexibility index (Phi) is 6.27. The lowest BCUT2D eigenvalue weighted by Crippen LogP contribution is -2.44. The zero-order chi connectivity index (χ0) is 24.9. The number of hydrogen-bond donors (Lipinski definition) is 1. The number of piperidine rings is 1. The molecule has 34 heavy (non-hydrogen) atoms. The number of rotatable bonds is 3. The van der Waals surface area contributed by atoms with Gasteiger partial charge in [0.25, 0.3) is 0 Å². The van der Waals surface area contributed by atoms with Crippen LogP contribution < -0.4 is 10.8 Å². The number of aromatic nitrogens is 2. The van der Waals surface area contributed by atoms with Gasteiger partial charge in [-0.1, -0.05) is 6.07 Å². The lowest BCUT2D eigenvalue weighted by Gasteiger charge is -2.33. The van der Waals surface area contributed by atoms with Crippen molar-refractivity contribution in [3.05, 3.63) is 24.1 Å². The van der Waals surface area contributed by atoms with Crippen LogP contribution in [0.5, 0.6) is 0 Å². The van der Waals surface area contributed by atoms with E-state index in [9.17, 15) is 9.18 Å². The van der Waals surface area contributed by atoms with E-state index in [4.69, 9.17) is 14.0 Å².